The summed E-state index contributed by atoms with van der Waals surface area (Å²) in [5.74, 6) is 0. The van der Waals surface area contributed by atoms with Crippen molar-refractivity contribution in [3.63, 3.8) is 0 Å². The van der Waals surface area contributed by atoms with Gasteiger partial charge in [-0.15, -0.1) is 0 Å². The second-order valence-electron chi connectivity index (χ2n) is 4.45. The Balaban J connectivity index is 2.28. The smallest absolute Gasteiger partial charge is 0.137 e. The third-order valence-electron chi connectivity index (χ3n) is 3.19. The number of nitrogen functional groups attached to an aromatic ring is 1. The second-order valence-corrected chi connectivity index (χ2v) is 4.45. The molecule has 0 saturated heterocycles. The number of nitrogens with two attached hydrogens (primary N) is 1. The molecule has 96 valence electrons. The average molecular weight is 252 g/mol. The Morgan fingerprint density at radius 1 is 1.16 bits per heavy atom. The number of aromatic nitrogens is 2. The summed E-state index contributed by atoms with van der Waals surface area (Å²) in [6.45, 7) is 0.745. The fourth-order valence-corrected chi connectivity index (χ4v) is 2.31. The number of hydrogen-bond acceptors (Lipinski definition) is 3. The molecule has 0 aliphatic heterocycles. The number of para-hydroxylation sites is 1. The molecule has 4 nitrogen and oxygen atoms in total. The van der Waals surface area contributed by atoms with Crippen LogP contribution in [0, 0.1) is 0 Å². The van der Waals surface area contributed by atoms with Crippen LogP contribution in [0.5, 0.6) is 0 Å². The Morgan fingerprint density at radius 2 is 1.95 bits per heavy atom. The Kier molecular flexibility index (Phi) is 2.93. The van der Waals surface area contributed by atoms with E-state index >= 15 is 0 Å². The van der Waals surface area contributed by atoms with Crippen molar-refractivity contribution in [2.45, 2.75) is 6.54 Å². The zero-order valence-corrected chi connectivity index (χ0v) is 10.8. The lowest BCUT2D eigenvalue weighted by molar-refractivity contribution is 0.784. The number of nitrogens with zero attached hydrogens (tertiary/aromatic N) is 2. The lowest BCUT2D eigenvalue weighted by Gasteiger charge is -2.06. The molecule has 0 amide bonds. The predicted octanol–water partition coefficient (Wildman–Crippen LogP) is 2.30. The monoisotopic (exact) mass is 252 g/mol. The van der Waals surface area contributed by atoms with Crippen LogP contribution in [0.2, 0.25) is 0 Å². The van der Waals surface area contributed by atoms with Crippen LogP contribution in [-0.2, 0) is 6.54 Å². The summed E-state index contributed by atoms with van der Waals surface area (Å²) in [7, 11) is 1.93. The minimum Gasteiger partial charge on any atom is -0.398 e. The van der Waals surface area contributed by atoms with Crippen molar-refractivity contribution in [3.05, 3.63) is 54.4 Å². The van der Waals surface area contributed by atoms with Gasteiger partial charge in [0.2, 0.25) is 0 Å². The van der Waals surface area contributed by atoms with Crippen LogP contribution in [-0.4, -0.2) is 16.4 Å². The molecule has 4 heteroatoms. The molecule has 0 radical (unpaired) electrons. The maximum absolute atomic E-state index is 6.07. The molecular formula is C15H16N4. The molecule has 1 aromatic carbocycles. The molecular weight excluding hydrogens is 236 g/mol. The Bertz CT molecular complexity index is 715. The molecule has 0 saturated carbocycles. The van der Waals surface area contributed by atoms with E-state index in [0.717, 1.165) is 34.8 Å². The molecule has 0 bridgehead atoms. The largest absolute Gasteiger partial charge is 0.398 e. The molecule has 0 aliphatic rings. The first-order valence-electron chi connectivity index (χ1n) is 6.26. The Morgan fingerprint density at radius 3 is 2.74 bits per heavy atom. The molecule has 3 N–H and O–H groups in total. The summed E-state index contributed by atoms with van der Waals surface area (Å²) in [5.41, 5.74) is 10.8. The first kappa shape index (κ1) is 11.7. The molecule has 2 aromatic heterocycles. The summed E-state index contributed by atoms with van der Waals surface area (Å²) in [6.07, 6.45) is 2.03. The molecule has 0 fully saturated rings. The van der Waals surface area contributed by atoms with E-state index in [-0.39, 0.29) is 0 Å². The lowest BCUT2D eigenvalue weighted by Crippen LogP contribution is -2.09. The highest BCUT2D eigenvalue weighted by Gasteiger charge is 2.14. The van der Waals surface area contributed by atoms with E-state index in [0.29, 0.717) is 0 Å². The molecule has 0 unspecified atom stereocenters. The minimum absolute atomic E-state index is 0.745. The summed E-state index contributed by atoms with van der Waals surface area (Å²) in [5, 5.41) is 3.19. The topological polar surface area (TPSA) is 55.3 Å². The van der Waals surface area contributed by atoms with E-state index in [1.54, 1.807) is 0 Å². The normalized spacial score (nSPS) is 11.0. The molecule has 3 rings (SSSR count). The highest BCUT2D eigenvalue weighted by Crippen LogP contribution is 2.28. The lowest BCUT2D eigenvalue weighted by atomic mass is 10.1. The van der Waals surface area contributed by atoms with Gasteiger partial charge in [-0.2, -0.15) is 0 Å². The first-order chi connectivity index (χ1) is 9.31. The third-order valence-corrected chi connectivity index (χ3v) is 3.19. The second kappa shape index (κ2) is 4.74. The van der Waals surface area contributed by atoms with E-state index in [1.807, 2.05) is 55.7 Å². The SMILES string of the molecule is CNCc1c(-c2ccccc2N)nc2ccccn12. The van der Waals surface area contributed by atoms with Crippen LogP contribution in [0.4, 0.5) is 5.69 Å². The van der Waals surface area contributed by atoms with E-state index in [2.05, 4.69) is 9.72 Å². The zero-order valence-electron chi connectivity index (χ0n) is 10.8. The summed E-state index contributed by atoms with van der Waals surface area (Å²) in [6, 6.07) is 13.8. The third kappa shape index (κ3) is 1.96. The van der Waals surface area contributed by atoms with Crippen molar-refractivity contribution in [3.8, 4) is 11.3 Å². The standard InChI is InChI=1S/C15H16N4/c1-17-10-13-15(11-6-2-3-7-12(11)16)18-14-8-4-5-9-19(13)14/h2-9,17H,10,16H2,1H3. The molecule has 0 spiro atoms. The first-order valence-corrected chi connectivity index (χ1v) is 6.26. The number of nitrogens with one attached hydrogen (secondary N) is 1. The number of benzene rings is 1. The van der Waals surface area contributed by atoms with Gasteiger partial charge in [-0.25, -0.2) is 4.98 Å². The van der Waals surface area contributed by atoms with Gasteiger partial charge in [0.1, 0.15) is 5.65 Å². The van der Waals surface area contributed by atoms with Crippen molar-refractivity contribution in [2.75, 3.05) is 12.8 Å². The number of anilines is 1. The van der Waals surface area contributed by atoms with Gasteiger partial charge in [0.05, 0.1) is 11.4 Å². The van der Waals surface area contributed by atoms with Crippen molar-refractivity contribution >= 4 is 11.3 Å². The van der Waals surface area contributed by atoms with Gasteiger partial charge >= 0.3 is 0 Å². The highest BCUT2D eigenvalue weighted by atomic mass is 15.0. The van der Waals surface area contributed by atoms with Gasteiger partial charge in [-0.1, -0.05) is 24.3 Å². The fourth-order valence-electron chi connectivity index (χ4n) is 2.31. The van der Waals surface area contributed by atoms with Gasteiger partial charge in [0.15, 0.2) is 0 Å². The Labute approximate surface area is 111 Å². The maximum Gasteiger partial charge on any atom is 0.137 e. The van der Waals surface area contributed by atoms with Crippen LogP contribution < -0.4 is 11.1 Å². The van der Waals surface area contributed by atoms with E-state index < -0.39 is 0 Å². The fraction of sp³-hybridized carbons (Fsp3) is 0.133. The van der Waals surface area contributed by atoms with Gasteiger partial charge < -0.3 is 15.5 Å². The molecule has 19 heavy (non-hydrogen) atoms. The van der Waals surface area contributed by atoms with E-state index in [1.165, 1.54) is 0 Å². The van der Waals surface area contributed by atoms with Gasteiger partial charge in [0.25, 0.3) is 0 Å². The van der Waals surface area contributed by atoms with Crippen molar-refractivity contribution in [2.24, 2.45) is 0 Å². The van der Waals surface area contributed by atoms with Crippen LogP contribution in [0.25, 0.3) is 16.9 Å². The number of hydrogen-bond donors (Lipinski definition) is 2. The van der Waals surface area contributed by atoms with Crippen molar-refractivity contribution < 1.29 is 0 Å². The van der Waals surface area contributed by atoms with Crippen LogP contribution in [0.1, 0.15) is 5.69 Å². The predicted molar refractivity (Wildman–Crippen MR) is 77.8 cm³/mol. The highest BCUT2D eigenvalue weighted by molar-refractivity contribution is 5.77. The van der Waals surface area contributed by atoms with Crippen LogP contribution >= 0.6 is 0 Å². The number of pyridine rings is 1. The minimum atomic E-state index is 0.745. The number of imidazole rings is 1. The zero-order chi connectivity index (χ0) is 13.2. The van der Waals surface area contributed by atoms with Crippen molar-refractivity contribution in [1.82, 2.24) is 14.7 Å². The summed E-state index contributed by atoms with van der Waals surface area (Å²) < 4.78 is 2.10. The molecule has 3 aromatic rings. The van der Waals surface area contributed by atoms with Gasteiger partial charge in [-0.05, 0) is 25.2 Å². The maximum atomic E-state index is 6.07. The van der Waals surface area contributed by atoms with Gasteiger partial charge in [-0.3, -0.25) is 0 Å². The molecule has 0 aliphatic carbocycles. The Hall–Kier alpha value is -2.33. The number of fused-ring (bicyclic) bond motifs is 1. The van der Waals surface area contributed by atoms with Crippen LogP contribution in [0.3, 0.4) is 0 Å². The van der Waals surface area contributed by atoms with Crippen LogP contribution in [0.15, 0.2) is 48.7 Å². The van der Waals surface area contributed by atoms with E-state index in [4.69, 9.17) is 10.7 Å². The average Bonchev–Trinajstić information content (AvgIpc) is 2.79. The summed E-state index contributed by atoms with van der Waals surface area (Å²) in [4.78, 5) is 4.71. The van der Waals surface area contributed by atoms with Gasteiger partial charge in [0, 0.05) is 24.0 Å². The molecule has 0 atom stereocenters. The number of rotatable bonds is 3. The van der Waals surface area contributed by atoms with E-state index in [9.17, 15) is 0 Å². The summed E-state index contributed by atoms with van der Waals surface area (Å²) >= 11 is 0. The quantitative estimate of drug-likeness (QED) is 0.703. The molecule has 2 heterocycles. The van der Waals surface area contributed by atoms with Crippen molar-refractivity contribution in [1.29, 1.82) is 0 Å².